The van der Waals surface area contributed by atoms with Gasteiger partial charge in [0.05, 0.1) is 13.2 Å². The van der Waals surface area contributed by atoms with Crippen molar-refractivity contribution in [3.05, 3.63) is 0 Å². The van der Waals surface area contributed by atoms with Gasteiger partial charge in [0.25, 0.3) is 0 Å². The maximum atomic E-state index is 5.22. The number of methoxy groups -OCH3 is 2. The molecule has 0 atom stereocenters. The van der Waals surface area contributed by atoms with Crippen LogP contribution in [0.5, 0.6) is 0 Å². The van der Waals surface area contributed by atoms with E-state index in [1.54, 1.807) is 14.2 Å². The molecule has 0 aliphatic heterocycles. The Labute approximate surface area is 91.6 Å². The lowest BCUT2D eigenvalue weighted by Gasteiger charge is -2.05. The van der Waals surface area contributed by atoms with Crippen molar-refractivity contribution < 1.29 is 23.7 Å². The molecule has 5 nitrogen and oxygen atoms in total. The van der Waals surface area contributed by atoms with E-state index < -0.39 is 0 Å². The minimum absolute atomic E-state index is 0.336. The van der Waals surface area contributed by atoms with Crippen molar-refractivity contribution in [2.24, 2.45) is 0 Å². The molecule has 0 rings (SSSR count). The lowest BCUT2D eigenvalue weighted by Crippen LogP contribution is -2.07. The first-order valence-electron chi connectivity index (χ1n) is 5.13. The van der Waals surface area contributed by atoms with Gasteiger partial charge in [-0.2, -0.15) is 0 Å². The summed E-state index contributed by atoms with van der Waals surface area (Å²) in [6.45, 7) is 3.29. The highest BCUT2D eigenvalue weighted by Gasteiger charge is 1.91. The van der Waals surface area contributed by atoms with Crippen LogP contribution in [0.25, 0.3) is 0 Å². The first-order valence-corrected chi connectivity index (χ1v) is 5.13. The molecule has 0 aromatic carbocycles. The van der Waals surface area contributed by atoms with Gasteiger partial charge < -0.3 is 23.7 Å². The van der Waals surface area contributed by atoms with E-state index in [4.69, 9.17) is 23.7 Å². The van der Waals surface area contributed by atoms with Crippen LogP contribution in [0.3, 0.4) is 0 Å². The molecule has 5 heteroatoms. The minimum Gasteiger partial charge on any atom is -0.382 e. The Morgan fingerprint density at radius 1 is 0.600 bits per heavy atom. The molecule has 0 aromatic rings. The van der Waals surface area contributed by atoms with Crippen molar-refractivity contribution >= 4 is 0 Å². The van der Waals surface area contributed by atoms with Crippen molar-refractivity contribution in [1.29, 1.82) is 0 Å². The summed E-state index contributed by atoms with van der Waals surface area (Å²) in [6, 6.07) is 0. The average molecular weight is 222 g/mol. The van der Waals surface area contributed by atoms with Crippen LogP contribution in [-0.2, 0) is 23.7 Å². The van der Waals surface area contributed by atoms with Crippen molar-refractivity contribution in [3.63, 3.8) is 0 Å². The Bertz CT molecular complexity index is 98.0. The Hall–Kier alpha value is -0.200. The first kappa shape index (κ1) is 14.8. The van der Waals surface area contributed by atoms with Gasteiger partial charge in [-0.3, -0.25) is 0 Å². The van der Waals surface area contributed by atoms with Crippen molar-refractivity contribution in [3.8, 4) is 0 Å². The van der Waals surface area contributed by atoms with Crippen molar-refractivity contribution in [2.45, 2.75) is 12.8 Å². The van der Waals surface area contributed by atoms with Gasteiger partial charge in [-0.05, 0) is 12.8 Å². The number of hydrogen-bond donors (Lipinski definition) is 0. The van der Waals surface area contributed by atoms with Gasteiger partial charge in [-0.15, -0.1) is 0 Å². The molecule has 0 saturated carbocycles. The third kappa shape index (κ3) is 13.8. The predicted molar refractivity (Wildman–Crippen MR) is 55.7 cm³/mol. The number of ether oxygens (including phenoxy) is 5. The molecular formula is C10H22O5. The van der Waals surface area contributed by atoms with Gasteiger partial charge in [0.1, 0.15) is 13.6 Å². The standard InChI is InChI=1S/C10H22O5/c1-11-7-8-15-10-14-6-4-3-5-13-9-12-2/h3-10H2,1-2H3. The average Bonchev–Trinajstić information content (AvgIpc) is 2.26. The largest absolute Gasteiger partial charge is 0.382 e. The second-order valence-corrected chi connectivity index (χ2v) is 2.95. The van der Waals surface area contributed by atoms with Crippen LogP contribution in [0.2, 0.25) is 0 Å². The maximum Gasteiger partial charge on any atom is 0.146 e. The second kappa shape index (κ2) is 13.8. The Morgan fingerprint density at radius 2 is 1.20 bits per heavy atom. The van der Waals surface area contributed by atoms with Crippen LogP contribution in [0.4, 0.5) is 0 Å². The highest BCUT2D eigenvalue weighted by atomic mass is 16.7. The highest BCUT2D eigenvalue weighted by Crippen LogP contribution is 1.91. The van der Waals surface area contributed by atoms with Crippen LogP contribution in [0.15, 0.2) is 0 Å². The maximum absolute atomic E-state index is 5.22. The summed E-state index contributed by atoms with van der Waals surface area (Å²) in [5, 5.41) is 0. The molecule has 92 valence electrons. The molecular weight excluding hydrogens is 200 g/mol. The summed E-state index contributed by atoms with van der Waals surface area (Å²) < 4.78 is 25.0. The van der Waals surface area contributed by atoms with Crippen LogP contribution in [0, 0.1) is 0 Å². The van der Waals surface area contributed by atoms with Gasteiger partial charge in [0, 0.05) is 27.4 Å². The third-order valence-corrected chi connectivity index (χ3v) is 1.63. The van der Waals surface area contributed by atoms with E-state index >= 15 is 0 Å². The molecule has 0 spiro atoms. The molecule has 0 aliphatic rings. The molecule has 0 heterocycles. The lowest BCUT2D eigenvalue weighted by molar-refractivity contribution is -0.0693. The fraction of sp³-hybridized carbons (Fsp3) is 1.00. The molecule has 0 aromatic heterocycles. The summed E-state index contributed by atoms with van der Waals surface area (Å²) in [5.74, 6) is 0. The molecule has 0 bridgehead atoms. The first-order chi connectivity index (χ1) is 7.41. The SMILES string of the molecule is COCCOCOCCCCOCOC. The fourth-order valence-corrected chi connectivity index (χ4v) is 0.870. The molecule has 15 heavy (non-hydrogen) atoms. The van der Waals surface area contributed by atoms with E-state index in [1.807, 2.05) is 0 Å². The van der Waals surface area contributed by atoms with Gasteiger partial charge in [0.15, 0.2) is 0 Å². The molecule has 0 N–H and O–H groups in total. The van der Waals surface area contributed by atoms with E-state index in [0.29, 0.717) is 40.0 Å². The fourth-order valence-electron chi connectivity index (χ4n) is 0.870. The molecule has 0 aliphatic carbocycles. The summed E-state index contributed by atoms with van der Waals surface area (Å²) in [4.78, 5) is 0. The van der Waals surface area contributed by atoms with E-state index in [2.05, 4.69) is 0 Å². The lowest BCUT2D eigenvalue weighted by atomic mass is 10.3. The smallest absolute Gasteiger partial charge is 0.146 e. The molecule has 0 radical (unpaired) electrons. The molecule has 0 saturated heterocycles. The van der Waals surface area contributed by atoms with Gasteiger partial charge >= 0.3 is 0 Å². The zero-order valence-electron chi connectivity index (χ0n) is 9.70. The Balaban J connectivity index is 2.81. The van der Waals surface area contributed by atoms with Gasteiger partial charge in [-0.25, -0.2) is 0 Å². The topological polar surface area (TPSA) is 46.2 Å². The van der Waals surface area contributed by atoms with Gasteiger partial charge in [-0.1, -0.05) is 0 Å². The minimum atomic E-state index is 0.336. The zero-order valence-corrected chi connectivity index (χ0v) is 9.70. The van der Waals surface area contributed by atoms with E-state index in [9.17, 15) is 0 Å². The van der Waals surface area contributed by atoms with E-state index in [0.717, 1.165) is 12.8 Å². The number of rotatable bonds is 12. The molecule has 0 amide bonds. The number of hydrogen-bond acceptors (Lipinski definition) is 5. The van der Waals surface area contributed by atoms with Gasteiger partial charge in [0.2, 0.25) is 0 Å². The van der Waals surface area contributed by atoms with Crippen molar-refractivity contribution in [2.75, 3.05) is 54.2 Å². The highest BCUT2D eigenvalue weighted by molar-refractivity contribution is 4.36. The number of unbranched alkanes of at least 4 members (excludes halogenated alkanes) is 1. The second-order valence-electron chi connectivity index (χ2n) is 2.95. The molecule has 0 fully saturated rings. The summed E-state index contributed by atoms with van der Waals surface area (Å²) in [6.07, 6.45) is 1.94. The Morgan fingerprint density at radius 3 is 1.80 bits per heavy atom. The van der Waals surface area contributed by atoms with Crippen LogP contribution < -0.4 is 0 Å². The van der Waals surface area contributed by atoms with E-state index in [1.165, 1.54) is 0 Å². The predicted octanol–water partition coefficient (Wildman–Crippen LogP) is 1.02. The van der Waals surface area contributed by atoms with Crippen molar-refractivity contribution in [1.82, 2.24) is 0 Å². The molecule has 0 unspecified atom stereocenters. The quantitative estimate of drug-likeness (QED) is 0.364. The monoisotopic (exact) mass is 222 g/mol. The summed E-state index contributed by atoms with van der Waals surface area (Å²) in [7, 11) is 3.25. The Kier molecular flexibility index (Phi) is 13.6. The van der Waals surface area contributed by atoms with E-state index in [-0.39, 0.29) is 0 Å². The third-order valence-electron chi connectivity index (χ3n) is 1.63. The zero-order chi connectivity index (χ0) is 11.2. The summed E-state index contributed by atoms with van der Waals surface area (Å²) >= 11 is 0. The summed E-state index contributed by atoms with van der Waals surface area (Å²) in [5.41, 5.74) is 0. The van der Waals surface area contributed by atoms with Crippen LogP contribution >= 0.6 is 0 Å². The van der Waals surface area contributed by atoms with Crippen LogP contribution in [0.1, 0.15) is 12.8 Å². The van der Waals surface area contributed by atoms with Crippen LogP contribution in [-0.4, -0.2) is 54.2 Å². The normalized spacial score (nSPS) is 10.8.